The van der Waals surface area contributed by atoms with Crippen molar-refractivity contribution in [3.8, 4) is 0 Å². The minimum atomic E-state index is -0.319. The van der Waals surface area contributed by atoms with Gasteiger partial charge in [0.05, 0.1) is 19.2 Å². The average molecular weight is 308 g/mol. The molecule has 0 N–H and O–H groups in total. The Morgan fingerprint density at radius 1 is 1.10 bits per heavy atom. The van der Waals surface area contributed by atoms with Crippen LogP contribution >= 0.6 is 12.4 Å². The molecule has 2 rings (SSSR count). The van der Waals surface area contributed by atoms with Gasteiger partial charge in [0.15, 0.2) is 0 Å². The van der Waals surface area contributed by atoms with E-state index in [9.17, 15) is 9.59 Å². The van der Waals surface area contributed by atoms with E-state index in [4.69, 9.17) is 0 Å². The molecule has 0 unspecified atom stereocenters. The molecule has 0 amide bonds. The second kappa shape index (κ2) is 7.09. The maximum absolute atomic E-state index is 12.4. The SMILES string of the molecule is COC(=O)Cc1ccc(C(=O)c2ccc(C)cc2)n1C.Cl. The number of methoxy groups -OCH3 is 1. The highest BCUT2D eigenvalue weighted by Gasteiger charge is 2.16. The molecule has 0 fully saturated rings. The van der Waals surface area contributed by atoms with Crippen molar-refractivity contribution in [1.29, 1.82) is 0 Å². The molecule has 5 heteroatoms. The van der Waals surface area contributed by atoms with E-state index < -0.39 is 0 Å². The first-order valence-electron chi connectivity index (χ1n) is 6.35. The summed E-state index contributed by atoms with van der Waals surface area (Å²) in [4.78, 5) is 23.7. The van der Waals surface area contributed by atoms with Gasteiger partial charge in [0, 0.05) is 18.3 Å². The van der Waals surface area contributed by atoms with Gasteiger partial charge in [-0.25, -0.2) is 0 Å². The zero-order chi connectivity index (χ0) is 14.7. The molecule has 0 aliphatic heterocycles. The number of benzene rings is 1. The van der Waals surface area contributed by atoms with Crippen molar-refractivity contribution in [2.45, 2.75) is 13.3 Å². The molecule has 0 bridgehead atoms. The number of nitrogens with zero attached hydrogens (tertiary/aromatic N) is 1. The van der Waals surface area contributed by atoms with Crippen molar-refractivity contribution >= 4 is 24.2 Å². The number of hydrogen-bond donors (Lipinski definition) is 0. The second-order valence-electron chi connectivity index (χ2n) is 4.72. The summed E-state index contributed by atoms with van der Waals surface area (Å²) in [6.07, 6.45) is 0.161. The highest BCUT2D eigenvalue weighted by molar-refractivity contribution is 6.08. The summed E-state index contributed by atoms with van der Waals surface area (Å²) in [5, 5.41) is 0. The lowest BCUT2D eigenvalue weighted by molar-refractivity contribution is -0.139. The van der Waals surface area contributed by atoms with E-state index in [-0.39, 0.29) is 30.6 Å². The van der Waals surface area contributed by atoms with E-state index in [0.717, 1.165) is 11.3 Å². The molecule has 0 aliphatic rings. The summed E-state index contributed by atoms with van der Waals surface area (Å²) in [7, 11) is 3.13. The smallest absolute Gasteiger partial charge is 0.311 e. The van der Waals surface area contributed by atoms with Crippen LogP contribution in [0.25, 0.3) is 0 Å². The predicted octanol–water partition coefficient (Wildman–Crippen LogP) is 2.70. The molecule has 0 aliphatic carbocycles. The first-order valence-corrected chi connectivity index (χ1v) is 6.35. The van der Waals surface area contributed by atoms with E-state index >= 15 is 0 Å². The number of halogens is 1. The predicted molar refractivity (Wildman–Crippen MR) is 83.0 cm³/mol. The molecule has 1 aromatic heterocycles. The fourth-order valence-corrected chi connectivity index (χ4v) is 2.03. The maximum atomic E-state index is 12.4. The van der Waals surface area contributed by atoms with Crippen LogP contribution in [0.3, 0.4) is 0 Å². The lowest BCUT2D eigenvalue weighted by Gasteiger charge is -2.07. The zero-order valence-electron chi connectivity index (χ0n) is 12.3. The third-order valence-electron chi connectivity index (χ3n) is 3.33. The van der Waals surface area contributed by atoms with E-state index in [0.29, 0.717) is 11.3 Å². The molecule has 0 radical (unpaired) electrons. The maximum Gasteiger partial charge on any atom is 0.311 e. The molecule has 1 aromatic carbocycles. The van der Waals surface area contributed by atoms with Crippen molar-refractivity contribution in [1.82, 2.24) is 4.57 Å². The summed E-state index contributed by atoms with van der Waals surface area (Å²) >= 11 is 0. The van der Waals surface area contributed by atoms with Crippen LogP contribution in [-0.4, -0.2) is 23.4 Å². The largest absolute Gasteiger partial charge is 0.469 e. The van der Waals surface area contributed by atoms with Gasteiger partial charge in [-0.1, -0.05) is 29.8 Å². The average Bonchev–Trinajstić information content (AvgIpc) is 2.80. The van der Waals surface area contributed by atoms with Crippen LogP contribution in [0.4, 0.5) is 0 Å². The third kappa shape index (κ3) is 3.73. The Bertz CT molecular complexity index is 644. The molecular weight excluding hydrogens is 290 g/mol. The monoisotopic (exact) mass is 307 g/mol. The van der Waals surface area contributed by atoms with Gasteiger partial charge in [0.2, 0.25) is 5.78 Å². The van der Waals surface area contributed by atoms with Crippen molar-refractivity contribution in [3.05, 3.63) is 58.9 Å². The molecule has 112 valence electrons. The van der Waals surface area contributed by atoms with Crippen molar-refractivity contribution < 1.29 is 14.3 Å². The van der Waals surface area contributed by atoms with Crippen LogP contribution in [0.1, 0.15) is 27.3 Å². The van der Waals surface area contributed by atoms with Crippen molar-refractivity contribution in [3.63, 3.8) is 0 Å². The van der Waals surface area contributed by atoms with Gasteiger partial charge >= 0.3 is 5.97 Å². The Morgan fingerprint density at radius 2 is 1.71 bits per heavy atom. The Kier molecular flexibility index (Phi) is 5.73. The number of ether oxygens (including phenoxy) is 1. The van der Waals surface area contributed by atoms with E-state index in [1.807, 2.05) is 31.2 Å². The fourth-order valence-electron chi connectivity index (χ4n) is 2.03. The number of rotatable bonds is 4. The Labute approximate surface area is 130 Å². The number of aryl methyl sites for hydroxylation is 1. The zero-order valence-corrected chi connectivity index (χ0v) is 13.1. The number of carbonyl (C=O) groups is 2. The minimum Gasteiger partial charge on any atom is -0.469 e. The Balaban J connectivity index is 0.00000220. The van der Waals surface area contributed by atoms with Gasteiger partial charge in [-0.2, -0.15) is 0 Å². The van der Waals surface area contributed by atoms with Gasteiger partial charge in [0.1, 0.15) is 0 Å². The standard InChI is InChI=1S/C16H17NO3.ClH/c1-11-4-6-12(7-5-11)16(19)14-9-8-13(17(14)2)10-15(18)20-3;/h4-9H,10H2,1-3H3;1H. The highest BCUT2D eigenvalue weighted by atomic mass is 35.5. The number of esters is 1. The highest BCUT2D eigenvalue weighted by Crippen LogP contribution is 2.14. The Morgan fingerprint density at radius 3 is 2.29 bits per heavy atom. The quantitative estimate of drug-likeness (QED) is 0.644. The lowest BCUT2D eigenvalue weighted by Crippen LogP contribution is -2.12. The fraction of sp³-hybridized carbons (Fsp3) is 0.250. The van der Waals surface area contributed by atoms with Crippen LogP contribution in [0.5, 0.6) is 0 Å². The van der Waals surface area contributed by atoms with E-state index in [2.05, 4.69) is 4.74 Å². The Hall–Kier alpha value is -2.07. The number of aromatic nitrogens is 1. The van der Waals surface area contributed by atoms with Gasteiger partial charge in [0.25, 0.3) is 0 Å². The summed E-state index contributed by atoms with van der Waals surface area (Å²) < 4.78 is 6.37. The lowest BCUT2D eigenvalue weighted by atomic mass is 10.1. The third-order valence-corrected chi connectivity index (χ3v) is 3.33. The number of carbonyl (C=O) groups excluding carboxylic acids is 2. The molecular formula is C16H18ClNO3. The molecule has 21 heavy (non-hydrogen) atoms. The number of hydrogen-bond acceptors (Lipinski definition) is 3. The number of ketones is 1. The van der Waals surface area contributed by atoms with Gasteiger partial charge in [-0.3, -0.25) is 9.59 Å². The summed E-state index contributed by atoms with van der Waals surface area (Å²) in [5.74, 6) is -0.371. The topological polar surface area (TPSA) is 48.3 Å². The summed E-state index contributed by atoms with van der Waals surface area (Å²) in [5.41, 5.74) is 3.07. The first kappa shape index (κ1) is 17.0. The minimum absolute atomic E-state index is 0. The van der Waals surface area contributed by atoms with E-state index in [1.165, 1.54) is 7.11 Å². The molecule has 1 heterocycles. The van der Waals surface area contributed by atoms with Crippen LogP contribution in [0.2, 0.25) is 0 Å². The van der Waals surface area contributed by atoms with Crippen LogP contribution in [-0.2, 0) is 23.0 Å². The normalized spacial score (nSPS) is 9.86. The molecule has 0 saturated carbocycles. The van der Waals surface area contributed by atoms with Gasteiger partial charge < -0.3 is 9.30 Å². The van der Waals surface area contributed by atoms with Crippen molar-refractivity contribution in [2.24, 2.45) is 7.05 Å². The molecule has 0 atom stereocenters. The summed E-state index contributed by atoms with van der Waals surface area (Å²) in [6, 6.07) is 10.9. The van der Waals surface area contributed by atoms with Crippen LogP contribution in [0.15, 0.2) is 36.4 Å². The van der Waals surface area contributed by atoms with E-state index in [1.54, 1.807) is 23.7 Å². The first-order chi connectivity index (χ1) is 9.52. The molecule has 2 aromatic rings. The van der Waals surface area contributed by atoms with Gasteiger partial charge in [-0.05, 0) is 19.1 Å². The summed E-state index contributed by atoms with van der Waals surface area (Å²) in [6.45, 7) is 1.98. The molecule has 0 spiro atoms. The second-order valence-corrected chi connectivity index (χ2v) is 4.72. The van der Waals surface area contributed by atoms with Crippen molar-refractivity contribution in [2.75, 3.05) is 7.11 Å². The van der Waals surface area contributed by atoms with Crippen LogP contribution in [0, 0.1) is 6.92 Å². The van der Waals surface area contributed by atoms with Crippen LogP contribution < -0.4 is 0 Å². The molecule has 4 nitrogen and oxygen atoms in total. The van der Waals surface area contributed by atoms with Gasteiger partial charge in [-0.15, -0.1) is 12.4 Å². The molecule has 0 saturated heterocycles.